The molecule has 0 N–H and O–H groups in total. The van der Waals surface area contributed by atoms with Crippen LogP contribution in [0.3, 0.4) is 0 Å². The van der Waals surface area contributed by atoms with Crippen molar-refractivity contribution in [3.63, 3.8) is 0 Å². The summed E-state index contributed by atoms with van der Waals surface area (Å²) in [4.78, 5) is 0. The van der Waals surface area contributed by atoms with Gasteiger partial charge in [-0.2, -0.15) is 0 Å². The topological polar surface area (TPSA) is 0 Å². The summed E-state index contributed by atoms with van der Waals surface area (Å²) in [5, 5.41) is 0. The zero-order valence-electron chi connectivity index (χ0n) is 7.35. The minimum atomic E-state index is 0.650. The predicted molar refractivity (Wildman–Crippen MR) is 43.8 cm³/mol. The van der Waals surface area contributed by atoms with Gasteiger partial charge in [0.15, 0.2) is 0 Å². The fourth-order valence-corrected chi connectivity index (χ4v) is 2.50. The van der Waals surface area contributed by atoms with Gasteiger partial charge in [-0.1, -0.05) is 27.2 Å². The summed E-state index contributed by atoms with van der Waals surface area (Å²) in [6, 6.07) is 0. The molecule has 0 bridgehead atoms. The molecule has 0 aliphatic heterocycles. The van der Waals surface area contributed by atoms with Crippen molar-refractivity contribution < 1.29 is 0 Å². The van der Waals surface area contributed by atoms with Crippen molar-refractivity contribution in [2.24, 2.45) is 23.2 Å². The maximum absolute atomic E-state index is 2.44. The van der Waals surface area contributed by atoms with E-state index in [-0.39, 0.29) is 0 Å². The van der Waals surface area contributed by atoms with Crippen LogP contribution in [-0.4, -0.2) is 0 Å². The summed E-state index contributed by atoms with van der Waals surface area (Å²) < 4.78 is 0. The second-order valence-corrected chi connectivity index (χ2v) is 4.84. The Labute approximate surface area is 64.0 Å². The molecule has 10 heavy (non-hydrogen) atoms. The quantitative estimate of drug-likeness (QED) is 0.550. The first-order valence-electron chi connectivity index (χ1n) is 4.65. The van der Waals surface area contributed by atoms with Crippen LogP contribution < -0.4 is 0 Å². The Hall–Kier alpha value is 0. The summed E-state index contributed by atoms with van der Waals surface area (Å²) >= 11 is 0. The van der Waals surface area contributed by atoms with Gasteiger partial charge in [-0.05, 0) is 36.0 Å². The van der Waals surface area contributed by atoms with Crippen molar-refractivity contribution in [2.75, 3.05) is 0 Å². The minimum Gasteiger partial charge on any atom is -0.0649 e. The van der Waals surface area contributed by atoms with Crippen molar-refractivity contribution in [1.29, 1.82) is 0 Å². The maximum Gasteiger partial charge on any atom is -0.0326 e. The number of fused-ring (bicyclic) bond motifs is 1. The average molecular weight is 138 g/mol. The van der Waals surface area contributed by atoms with E-state index < -0.39 is 0 Å². The first-order chi connectivity index (χ1) is 4.65. The maximum atomic E-state index is 2.44. The molecule has 2 aliphatic carbocycles. The normalized spacial score (nSPS) is 44.1. The van der Waals surface area contributed by atoms with Gasteiger partial charge in [0.1, 0.15) is 0 Å². The van der Waals surface area contributed by atoms with E-state index in [9.17, 15) is 0 Å². The summed E-state index contributed by atoms with van der Waals surface area (Å²) in [5.41, 5.74) is 0.650. The van der Waals surface area contributed by atoms with Gasteiger partial charge < -0.3 is 0 Å². The monoisotopic (exact) mass is 138 g/mol. The molecule has 0 heteroatoms. The second kappa shape index (κ2) is 1.78. The van der Waals surface area contributed by atoms with Gasteiger partial charge in [-0.25, -0.2) is 0 Å². The molecule has 3 atom stereocenters. The van der Waals surface area contributed by atoms with Crippen LogP contribution in [-0.2, 0) is 0 Å². The highest BCUT2D eigenvalue weighted by molar-refractivity contribution is 5.06. The van der Waals surface area contributed by atoms with Gasteiger partial charge in [-0.3, -0.25) is 0 Å². The number of rotatable bonds is 2. The molecule has 0 radical (unpaired) electrons. The largest absolute Gasteiger partial charge is 0.0649 e. The molecular formula is C10H18. The Balaban J connectivity index is 1.98. The van der Waals surface area contributed by atoms with Crippen LogP contribution >= 0.6 is 0 Å². The summed E-state index contributed by atoms with van der Waals surface area (Å²) in [7, 11) is 0. The highest BCUT2D eigenvalue weighted by atomic mass is 14.6. The molecule has 2 aliphatic rings. The third-order valence-corrected chi connectivity index (χ3v) is 3.97. The Morgan fingerprint density at radius 3 is 2.30 bits per heavy atom. The highest BCUT2D eigenvalue weighted by Crippen LogP contribution is 2.65. The molecule has 0 amide bonds. The van der Waals surface area contributed by atoms with E-state index in [4.69, 9.17) is 0 Å². The van der Waals surface area contributed by atoms with Crippen molar-refractivity contribution in [2.45, 2.75) is 40.0 Å². The number of hydrogen-bond donors (Lipinski definition) is 0. The zero-order chi connectivity index (χ0) is 7.35. The molecule has 0 aromatic heterocycles. The van der Waals surface area contributed by atoms with Gasteiger partial charge in [0.2, 0.25) is 0 Å². The molecule has 58 valence electrons. The van der Waals surface area contributed by atoms with E-state index >= 15 is 0 Å². The Morgan fingerprint density at radius 1 is 1.30 bits per heavy atom. The third kappa shape index (κ3) is 0.741. The molecule has 2 rings (SSSR count). The van der Waals surface area contributed by atoms with Crippen LogP contribution in [0.5, 0.6) is 0 Å². The van der Waals surface area contributed by atoms with Gasteiger partial charge in [0, 0.05) is 0 Å². The van der Waals surface area contributed by atoms with Crippen molar-refractivity contribution in [3.8, 4) is 0 Å². The molecule has 0 saturated heterocycles. The Morgan fingerprint density at radius 2 is 2.00 bits per heavy atom. The van der Waals surface area contributed by atoms with Crippen LogP contribution in [0.4, 0.5) is 0 Å². The van der Waals surface area contributed by atoms with E-state index in [2.05, 4.69) is 20.8 Å². The molecular weight excluding hydrogens is 120 g/mol. The molecule has 0 aromatic carbocycles. The fraction of sp³-hybridized carbons (Fsp3) is 1.00. The molecule has 0 spiro atoms. The SMILES string of the molecule is CCC(C)(C)C1CC2CC21. The van der Waals surface area contributed by atoms with Crippen LogP contribution in [0.1, 0.15) is 40.0 Å². The molecule has 3 unspecified atom stereocenters. The second-order valence-electron chi connectivity index (χ2n) is 4.84. The lowest BCUT2D eigenvalue weighted by atomic mass is 9.66. The Kier molecular flexibility index (Phi) is 1.19. The fourth-order valence-electron chi connectivity index (χ4n) is 2.50. The first-order valence-corrected chi connectivity index (χ1v) is 4.65. The lowest BCUT2D eigenvalue weighted by Gasteiger charge is -2.39. The zero-order valence-corrected chi connectivity index (χ0v) is 7.35. The van der Waals surface area contributed by atoms with Gasteiger partial charge in [-0.15, -0.1) is 0 Å². The third-order valence-electron chi connectivity index (χ3n) is 3.97. The lowest BCUT2D eigenvalue weighted by Crippen LogP contribution is -2.31. The molecule has 0 heterocycles. The minimum absolute atomic E-state index is 0.650. The van der Waals surface area contributed by atoms with E-state index in [0.717, 1.165) is 11.8 Å². The highest BCUT2D eigenvalue weighted by Gasteiger charge is 2.57. The smallest absolute Gasteiger partial charge is 0.0326 e. The molecule has 2 fully saturated rings. The predicted octanol–water partition coefficient (Wildman–Crippen LogP) is 3.08. The summed E-state index contributed by atoms with van der Waals surface area (Å²) in [6.45, 7) is 7.20. The average Bonchev–Trinajstić information content (AvgIpc) is 2.41. The summed E-state index contributed by atoms with van der Waals surface area (Å²) in [6.07, 6.45) is 4.47. The molecule has 0 nitrogen and oxygen atoms in total. The van der Waals surface area contributed by atoms with E-state index in [0.29, 0.717) is 5.41 Å². The summed E-state index contributed by atoms with van der Waals surface area (Å²) in [5.74, 6) is 3.42. The Bertz CT molecular complexity index is 146. The standard InChI is InChI=1S/C10H18/c1-4-10(2,3)9-6-7-5-8(7)9/h7-9H,4-6H2,1-3H3. The first kappa shape index (κ1) is 6.69. The van der Waals surface area contributed by atoms with E-state index in [1.54, 1.807) is 12.8 Å². The van der Waals surface area contributed by atoms with Gasteiger partial charge in [0.05, 0.1) is 0 Å². The van der Waals surface area contributed by atoms with Gasteiger partial charge >= 0.3 is 0 Å². The van der Waals surface area contributed by atoms with Gasteiger partial charge in [0.25, 0.3) is 0 Å². The number of hydrogen-bond acceptors (Lipinski definition) is 0. The van der Waals surface area contributed by atoms with Crippen LogP contribution in [0.15, 0.2) is 0 Å². The van der Waals surface area contributed by atoms with Crippen molar-refractivity contribution in [1.82, 2.24) is 0 Å². The van der Waals surface area contributed by atoms with Crippen LogP contribution in [0.2, 0.25) is 0 Å². The van der Waals surface area contributed by atoms with Crippen LogP contribution in [0.25, 0.3) is 0 Å². The van der Waals surface area contributed by atoms with E-state index in [1.165, 1.54) is 12.3 Å². The van der Waals surface area contributed by atoms with Crippen molar-refractivity contribution >= 4 is 0 Å². The van der Waals surface area contributed by atoms with Crippen LogP contribution in [0, 0.1) is 23.2 Å². The van der Waals surface area contributed by atoms with E-state index in [1.807, 2.05) is 0 Å². The molecule has 2 saturated carbocycles. The molecule has 0 aromatic rings. The van der Waals surface area contributed by atoms with Crippen molar-refractivity contribution in [3.05, 3.63) is 0 Å². The lowest BCUT2D eigenvalue weighted by molar-refractivity contribution is 0.101.